The molecule has 1 unspecified atom stereocenters. The normalized spacial score (nSPS) is 16.1. The molecular formula is C20H16ClNO2. The van der Waals surface area contributed by atoms with E-state index in [-0.39, 0.29) is 11.7 Å². The van der Waals surface area contributed by atoms with Crippen LogP contribution in [-0.4, -0.2) is 10.8 Å². The van der Waals surface area contributed by atoms with Crippen LogP contribution in [0.25, 0.3) is 11.3 Å². The number of Topliss-reactive ketones (excluding diaryl/α,β-unsaturated/α-hetero) is 1. The number of aromatic nitrogens is 1. The Labute approximate surface area is 145 Å². The van der Waals surface area contributed by atoms with Gasteiger partial charge in [0.05, 0.1) is 11.2 Å². The lowest BCUT2D eigenvalue weighted by Crippen LogP contribution is -2.12. The van der Waals surface area contributed by atoms with E-state index in [1.165, 1.54) is 17.5 Å². The molecule has 0 aliphatic heterocycles. The first-order valence-electron chi connectivity index (χ1n) is 8.00. The van der Waals surface area contributed by atoms with Crippen molar-refractivity contribution in [3.8, 4) is 11.3 Å². The average molecular weight is 338 g/mol. The molecule has 2 aromatic carbocycles. The largest absolute Gasteiger partial charge is 0.443 e. The van der Waals surface area contributed by atoms with Crippen LogP contribution in [0.15, 0.2) is 59.5 Å². The van der Waals surface area contributed by atoms with Gasteiger partial charge in [-0.05, 0) is 41.7 Å². The molecule has 24 heavy (non-hydrogen) atoms. The summed E-state index contributed by atoms with van der Waals surface area (Å²) in [4.78, 5) is 16.6. The number of nitrogens with zero attached hydrogens (tertiary/aromatic N) is 1. The first-order chi connectivity index (χ1) is 11.7. The number of halogens is 1. The van der Waals surface area contributed by atoms with Crippen LogP contribution in [0.1, 0.15) is 29.0 Å². The molecule has 0 fully saturated rings. The van der Waals surface area contributed by atoms with E-state index in [0.717, 1.165) is 24.0 Å². The van der Waals surface area contributed by atoms with Crippen molar-refractivity contribution < 1.29 is 9.21 Å². The molecule has 0 radical (unpaired) electrons. The maximum Gasteiger partial charge on any atom is 0.181 e. The third-order valence-corrected chi connectivity index (χ3v) is 4.94. The number of aryl methyl sites for hydroxylation is 1. The van der Waals surface area contributed by atoms with Gasteiger partial charge >= 0.3 is 0 Å². The molecule has 0 bridgehead atoms. The molecule has 120 valence electrons. The summed E-state index contributed by atoms with van der Waals surface area (Å²) >= 11 is 6.35. The van der Waals surface area contributed by atoms with Crippen LogP contribution in [0.5, 0.6) is 0 Å². The van der Waals surface area contributed by atoms with Crippen LogP contribution in [0.4, 0.5) is 0 Å². The summed E-state index contributed by atoms with van der Waals surface area (Å²) in [5.74, 6) is 0.889. The first-order valence-corrected chi connectivity index (χ1v) is 8.38. The summed E-state index contributed by atoms with van der Waals surface area (Å²) in [7, 11) is 0. The van der Waals surface area contributed by atoms with Gasteiger partial charge in [0.2, 0.25) is 0 Å². The van der Waals surface area contributed by atoms with Gasteiger partial charge in [0.25, 0.3) is 0 Å². The van der Waals surface area contributed by atoms with Gasteiger partial charge in [-0.25, -0.2) is 4.98 Å². The molecule has 1 aliphatic rings. The highest BCUT2D eigenvalue weighted by Gasteiger charge is 2.27. The monoisotopic (exact) mass is 337 g/mol. The van der Waals surface area contributed by atoms with Crippen molar-refractivity contribution in [3.05, 3.63) is 76.8 Å². The SMILES string of the molecule is O=C(Cc1ccc(-c2cnco2)c(Cl)c1)C1CCc2ccccc21. The number of carbonyl (C=O) groups excluding carboxylic acids is 1. The van der Waals surface area contributed by atoms with Crippen molar-refractivity contribution in [1.82, 2.24) is 4.98 Å². The molecular weight excluding hydrogens is 322 g/mol. The molecule has 4 rings (SSSR count). The van der Waals surface area contributed by atoms with E-state index >= 15 is 0 Å². The third kappa shape index (κ3) is 2.76. The number of ketones is 1. The van der Waals surface area contributed by atoms with E-state index in [1.54, 1.807) is 6.20 Å². The molecule has 3 aromatic rings. The highest BCUT2D eigenvalue weighted by Crippen LogP contribution is 2.35. The fraction of sp³-hybridized carbons (Fsp3) is 0.200. The molecule has 0 amide bonds. The van der Waals surface area contributed by atoms with Crippen LogP contribution >= 0.6 is 11.6 Å². The van der Waals surface area contributed by atoms with Crippen molar-refractivity contribution in [2.24, 2.45) is 0 Å². The predicted molar refractivity (Wildman–Crippen MR) is 93.2 cm³/mol. The highest BCUT2D eigenvalue weighted by molar-refractivity contribution is 6.33. The highest BCUT2D eigenvalue weighted by atomic mass is 35.5. The molecule has 1 atom stereocenters. The van der Waals surface area contributed by atoms with Gasteiger partial charge in [0, 0.05) is 17.9 Å². The standard InChI is InChI=1S/C20H16ClNO2/c21-18-9-13(5-7-17(18)20-11-22-12-24-20)10-19(23)16-8-6-14-3-1-2-4-15(14)16/h1-5,7,9,11-12,16H,6,8,10H2. The topological polar surface area (TPSA) is 43.1 Å². The Kier molecular flexibility index (Phi) is 3.95. The second-order valence-electron chi connectivity index (χ2n) is 6.11. The van der Waals surface area contributed by atoms with Gasteiger partial charge in [-0.15, -0.1) is 0 Å². The lowest BCUT2D eigenvalue weighted by molar-refractivity contribution is -0.119. The summed E-state index contributed by atoms with van der Waals surface area (Å²) in [6, 6.07) is 13.9. The molecule has 0 N–H and O–H groups in total. The van der Waals surface area contributed by atoms with Crippen molar-refractivity contribution in [2.45, 2.75) is 25.2 Å². The zero-order valence-electron chi connectivity index (χ0n) is 13.0. The minimum atomic E-state index is 0.00826. The van der Waals surface area contributed by atoms with Gasteiger partial charge < -0.3 is 4.42 Å². The zero-order valence-corrected chi connectivity index (χ0v) is 13.8. The molecule has 0 spiro atoms. The molecule has 3 nitrogen and oxygen atoms in total. The molecule has 4 heteroatoms. The van der Waals surface area contributed by atoms with Crippen molar-refractivity contribution in [3.63, 3.8) is 0 Å². The quantitative estimate of drug-likeness (QED) is 0.684. The van der Waals surface area contributed by atoms with Crippen LogP contribution in [-0.2, 0) is 17.6 Å². The van der Waals surface area contributed by atoms with Crippen molar-refractivity contribution >= 4 is 17.4 Å². The molecule has 0 saturated carbocycles. The molecule has 1 heterocycles. The summed E-state index contributed by atoms with van der Waals surface area (Å²) in [6.45, 7) is 0. The fourth-order valence-electron chi connectivity index (χ4n) is 3.43. The molecule has 1 aliphatic carbocycles. The number of hydrogen-bond acceptors (Lipinski definition) is 3. The van der Waals surface area contributed by atoms with Crippen LogP contribution in [0, 0.1) is 0 Å². The number of carbonyl (C=O) groups is 1. The Hall–Kier alpha value is -2.39. The van der Waals surface area contributed by atoms with Gasteiger partial charge in [-0.3, -0.25) is 4.79 Å². The van der Waals surface area contributed by atoms with Gasteiger partial charge in [0.15, 0.2) is 12.2 Å². The summed E-state index contributed by atoms with van der Waals surface area (Å²) in [6.07, 6.45) is 5.29. The van der Waals surface area contributed by atoms with Gasteiger partial charge in [0.1, 0.15) is 5.78 Å². The van der Waals surface area contributed by atoms with Crippen molar-refractivity contribution in [2.75, 3.05) is 0 Å². The smallest absolute Gasteiger partial charge is 0.181 e. The summed E-state index contributed by atoms with van der Waals surface area (Å²) in [5, 5.41) is 0.573. The van der Waals surface area contributed by atoms with Crippen LogP contribution in [0.3, 0.4) is 0 Å². The third-order valence-electron chi connectivity index (χ3n) is 4.63. The number of rotatable bonds is 4. The zero-order chi connectivity index (χ0) is 16.5. The maximum atomic E-state index is 12.7. The number of fused-ring (bicyclic) bond motifs is 1. The van der Waals surface area contributed by atoms with Crippen LogP contribution < -0.4 is 0 Å². The van der Waals surface area contributed by atoms with Crippen LogP contribution in [0.2, 0.25) is 5.02 Å². The second kappa shape index (κ2) is 6.25. The van der Waals surface area contributed by atoms with E-state index in [1.807, 2.05) is 30.3 Å². The predicted octanol–water partition coefficient (Wildman–Crippen LogP) is 4.84. The summed E-state index contributed by atoms with van der Waals surface area (Å²) in [5.41, 5.74) is 4.20. The lowest BCUT2D eigenvalue weighted by atomic mass is 9.92. The van der Waals surface area contributed by atoms with E-state index in [9.17, 15) is 4.79 Å². The molecule has 0 saturated heterocycles. The number of benzene rings is 2. The minimum absolute atomic E-state index is 0.00826. The van der Waals surface area contributed by atoms with E-state index in [2.05, 4.69) is 17.1 Å². The van der Waals surface area contributed by atoms with Gasteiger partial charge in [-0.2, -0.15) is 0 Å². The summed E-state index contributed by atoms with van der Waals surface area (Å²) < 4.78 is 5.28. The van der Waals surface area contributed by atoms with Crippen molar-refractivity contribution in [1.29, 1.82) is 0 Å². The van der Waals surface area contributed by atoms with E-state index < -0.39 is 0 Å². The Bertz CT molecular complexity index is 886. The first kappa shape index (κ1) is 15.2. The maximum absolute atomic E-state index is 12.7. The minimum Gasteiger partial charge on any atom is -0.443 e. The molecule has 1 aromatic heterocycles. The van der Waals surface area contributed by atoms with E-state index in [0.29, 0.717) is 17.2 Å². The van der Waals surface area contributed by atoms with E-state index in [4.69, 9.17) is 16.0 Å². The average Bonchev–Trinajstić information content (AvgIpc) is 3.24. The second-order valence-corrected chi connectivity index (χ2v) is 6.52. The number of oxazole rings is 1. The Morgan fingerprint density at radius 3 is 2.92 bits per heavy atom. The fourth-order valence-corrected chi connectivity index (χ4v) is 3.73. The lowest BCUT2D eigenvalue weighted by Gasteiger charge is -2.11. The number of hydrogen-bond donors (Lipinski definition) is 0. The Morgan fingerprint density at radius 2 is 2.12 bits per heavy atom. The Morgan fingerprint density at radius 1 is 1.25 bits per heavy atom. The Balaban J connectivity index is 1.54. The van der Waals surface area contributed by atoms with Gasteiger partial charge in [-0.1, -0.05) is 41.9 Å².